The zero-order valence-electron chi connectivity index (χ0n) is 8.79. The lowest BCUT2D eigenvalue weighted by molar-refractivity contribution is 0.218. The summed E-state index contributed by atoms with van der Waals surface area (Å²) in [6.45, 7) is 0. The Kier molecular flexibility index (Phi) is 2.40. The second kappa shape index (κ2) is 3.77. The van der Waals surface area contributed by atoms with E-state index in [-0.39, 0.29) is 10.8 Å². The molecule has 1 nitrogen and oxygen atoms in total. The van der Waals surface area contributed by atoms with E-state index in [1.807, 2.05) is 0 Å². The van der Waals surface area contributed by atoms with Crippen LogP contribution in [0.3, 0.4) is 0 Å². The second-order valence-electron chi connectivity index (χ2n) is 4.62. The lowest BCUT2D eigenvalue weighted by Gasteiger charge is -2.41. The molecule has 84 valence electrons. The van der Waals surface area contributed by atoms with Crippen LogP contribution < -0.4 is 5.32 Å². The van der Waals surface area contributed by atoms with Crippen LogP contribution in [-0.4, -0.2) is 6.04 Å². The van der Waals surface area contributed by atoms with E-state index in [0.29, 0.717) is 12.0 Å². The molecule has 0 aliphatic heterocycles. The first-order valence-electron chi connectivity index (χ1n) is 5.62. The van der Waals surface area contributed by atoms with E-state index in [9.17, 15) is 4.39 Å². The lowest BCUT2D eigenvalue weighted by atomic mass is 9.71. The van der Waals surface area contributed by atoms with Crippen LogP contribution in [0.2, 0.25) is 5.02 Å². The largest absolute Gasteiger partial charge is 0.382 e. The number of halogens is 2. The Labute approximate surface area is 99.3 Å². The standard InChI is InChI=1S/C13H13ClFN/c14-11-7-9(4-5-12(11)15)16-13-6-8-2-1-3-10(8)13/h1,3-5,7-8,10,13,16H,2,6H2. The van der Waals surface area contributed by atoms with Gasteiger partial charge in [-0.15, -0.1) is 0 Å². The molecule has 0 spiro atoms. The summed E-state index contributed by atoms with van der Waals surface area (Å²) in [6.07, 6.45) is 6.96. The third-order valence-corrected chi connectivity index (χ3v) is 3.92. The van der Waals surface area contributed by atoms with Gasteiger partial charge in [0.25, 0.3) is 0 Å². The molecule has 3 unspecified atom stereocenters. The molecule has 1 fully saturated rings. The van der Waals surface area contributed by atoms with Crippen LogP contribution in [-0.2, 0) is 0 Å². The van der Waals surface area contributed by atoms with Crippen LogP contribution in [0.25, 0.3) is 0 Å². The summed E-state index contributed by atoms with van der Waals surface area (Å²) >= 11 is 5.74. The molecule has 1 aromatic rings. The minimum absolute atomic E-state index is 0.183. The van der Waals surface area contributed by atoms with Gasteiger partial charge in [0.15, 0.2) is 0 Å². The Balaban J connectivity index is 1.70. The number of anilines is 1. The highest BCUT2D eigenvalue weighted by Gasteiger charge is 2.40. The number of hydrogen-bond donors (Lipinski definition) is 1. The van der Waals surface area contributed by atoms with Gasteiger partial charge in [-0.25, -0.2) is 4.39 Å². The van der Waals surface area contributed by atoms with E-state index in [4.69, 9.17) is 11.6 Å². The van der Waals surface area contributed by atoms with Crippen molar-refractivity contribution < 1.29 is 4.39 Å². The number of benzene rings is 1. The van der Waals surface area contributed by atoms with Crippen LogP contribution in [0.15, 0.2) is 30.4 Å². The highest BCUT2D eigenvalue weighted by Crippen LogP contribution is 2.44. The van der Waals surface area contributed by atoms with Gasteiger partial charge in [0.05, 0.1) is 5.02 Å². The Hall–Kier alpha value is -1.02. The SMILES string of the molecule is Fc1ccc(NC2CC3CC=CC32)cc1Cl. The molecule has 1 aromatic carbocycles. The van der Waals surface area contributed by atoms with Crippen LogP contribution in [0, 0.1) is 17.7 Å². The molecule has 2 aliphatic rings. The zero-order valence-corrected chi connectivity index (χ0v) is 9.54. The van der Waals surface area contributed by atoms with Crippen molar-refractivity contribution in [1.82, 2.24) is 0 Å². The third kappa shape index (κ3) is 1.61. The molecule has 2 aliphatic carbocycles. The van der Waals surface area contributed by atoms with E-state index in [2.05, 4.69) is 17.5 Å². The predicted octanol–water partition coefficient (Wildman–Crippen LogP) is 3.86. The topological polar surface area (TPSA) is 12.0 Å². The van der Waals surface area contributed by atoms with Crippen molar-refractivity contribution in [2.75, 3.05) is 5.32 Å². The lowest BCUT2D eigenvalue weighted by Crippen LogP contribution is -2.43. The smallest absolute Gasteiger partial charge is 0.141 e. The Morgan fingerprint density at radius 2 is 2.25 bits per heavy atom. The van der Waals surface area contributed by atoms with Gasteiger partial charge >= 0.3 is 0 Å². The molecule has 1 saturated carbocycles. The predicted molar refractivity (Wildman–Crippen MR) is 64.2 cm³/mol. The molecular formula is C13H13ClFN. The molecule has 3 rings (SSSR count). The van der Waals surface area contributed by atoms with Crippen LogP contribution >= 0.6 is 11.6 Å². The van der Waals surface area contributed by atoms with Gasteiger partial charge in [0, 0.05) is 17.6 Å². The minimum Gasteiger partial charge on any atom is -0.382 e. The van der Waals surface area contributed by atoms with Crippen molar-refractivity contribution >= 4 is 17.3 Å². The monoisotopic (exact) mass is 237 g/mol. The number of fused-ring (bicyclic) bond motifs is 1. The number of hydrogen-bond acceptors (Lipinski definition) is 1. The van der Waals surface area contributed by atoms with Gasteiger partial charge in [-0.3, -0.25) is 0 Å². The van der Waals surface area contributed by atoms with Crippen molar-refractivity contribution in [2.24, 2.45) is 11.8 Å². The molecule has 0 bridgehead atoms. The maximum atomic E-state index is 13.0. The summed E-state index contributed by atoms with van der Waals surface area (Å²) in [7, 11) is 0. The number of allylic oxidation sites excluding steroid dienone is 1. The summed E-state index contributed by atoms with van der Waals surface area (Å²) in [5.74, 6) is 1.12. The first-order chi connectivity index (χ1) is 7.74. The van der Waals surface area contributed by atoms with Gasteiger partial charge in [0.1, 0.15) is 5.82 Å². The quantitative estimate of drug-likeness (QED) is 0.771. The summed E-state index contributed by atoms with van der Waals surface area (Å²) in [4.78, 5) is 0. The van der Waals surface area contributed by atoms with Gasteiger partial charge in [0.2, 0.25) is 0 Å². The van der Waals surface area contributed by atoms with Gasteiger partial charge in [-0.05, 0) is 37.0 Å². The average Bonchev–Trinajstić information content (AvgIpc) is 2.61. The minimum atomic E-state index is -0.362. The van der Waals surface area contributed by atoms with E-state index in [0.717, 1.165) is 11.6 Å². The Morgan fingerprint density at radius 1 is 1.38 bits per heavy atom. The van der Waals surface area contributed by atoms with E-state index < -0.39 is 0 Å². The fraction of sp³-hybridized carbons (Fsp3) is 0.385. The number of rotatable bonds is 2. The fourth-order valence-corrected chi connectivity index (χ4v) is 2.86. The summed E-state index contributed by atoms with van der Waals surface area (Å²) < 4.78 is 13.0. The molecule has 1 N–H and O–H groups in total. The van der Waals surface area contributed by atoms with Crippen LogP contribution in [0.4, 0.5) is 10.1 Å². The molecular weight excluding hydrogens is 225 g/mol. The zero-order chi connectivity index (χ0) is 11.1. The van der Waals surface area contributed by atoms with Crippen LogP contribution in [0.5, 0.6) is 0 Å². The maximum absolute atomic E-state index is 13.0. The first-order valence-corrected chi connectivity index (χ1v) is 6.00. The molecule has 0 amide bonds. The molecule has 3 heteroatoms. The van der Waals surface area contributed by atoms with Crippen molar-refractivity contribution in [1.29, 1.82) is 0 Å². The second-order valence-corrected chi connectivity index (χ2v) is 5.02. The average molecular weight is 238 g/mol. The summed E-state index contributed by atoms with van der Waals surface area (Å²) in [5.41, 5.74) is 0.912. The van der Waals surface area contributed by atoms with Crippen LogP contribution in [0.1, 0.15) is 12.8 Å². The van der Waals surface area contributed by atoms with Crippen molar-refractivity contribution in [3.63, 3.8) is 0 Å². The number of nitrogens with one attached hydrogen (secondary N) is 1. The first kappa shape index (κ1) is 10.2. The van der Waals surface area contributed by atoms with E-state index in [1.165, 1.54) is 18.9 Å². The molecule has 0 saturated heterocycles. The van der Waals surface area contributed by atoms with Gasteiger partial charge < -0.3 is 5.32 Å². The van der Waals surface area contributed by atoms with E-state index in [1.54, 1.807) is 12.1 Å². The fourth-order valence-electron chi connectivity index (χ4n) is 2.68. The third-order valence-electron chi connectivity index (χ3n) is 3.63. The van der Waals surface area contributed by atoms with Crippen molar-refractivity contribution in [3.8, 4) is 0 Å². The highest BCUT2D eigenvalue weighted by molar-refractivity contribution is 6.31. The Morgan fingerprint density at radius 3 is 3.00 bits per heavy atom. The van der Waals surface area contributed by atoms with Gasteiger partial charge in [-0.1, -0.05) is 23.8 Å². The van der Waals surface area contributed by atoms with Gasteiger partial charge in [-0.2, -0.15) is 0 Å². The highest BCUT2D eigenvalue weighted by atomic mass is 35.5. The van der Waals surface area contributed by atoms with Crippen molar-refractivity contribution in [2.45, 2.75) is 18.9 Å². The Bertz CT molecular complexity index is 444. The summed E-state index contributed by atoms with van der Waals surface area (Å²) in [6, 6.07) is 5.30. The maximum Gasteiger partial charge on any atom is 0.141 e. The molecule has 0 aromatic heterocycles. The molecule has 0 radical (unpaired) electrons. The molecule has 3 atom stereocenters. The normalized spacial score (nSPS) is 31.0. The molecule has 16 heavy (non-hydrogen) atoms. The van der Waals surface area contributed by atoms with E-state index >= 15 is 0 Å². The summed E-state index contributed by atoms with van der Waals surface area (Å²) in [5, 5.41) is 3.60. The molecule has 0 heterocycles. The van der Waals surface area contributed by atoms with Crippen molar-refractivity contribution in [3.05, 3.63) is 41.2 Å².